The van der Waals surface area contributed by atoms with Gasteiger partial charge >= 0.3 is 6.18 Å². The number of aromatic nitrogens is 1. The van der Waals surface area contributed by atoms with Gasteiger partial charge in [0.2, 0.25) is 5.13 Å². The minimum absolute atomic E-state index is 0.179. The Kier molecular flexibility index (Phi) is 4.12. The lowest BCUT2D eigenvalue weighted by molar-refractivity contribution is -0.140. The molecule has 1 aromatic heterocycles. The van der Waals surface area contributed by atoms with Crippen molar-refractivity contribution in [2.45, 2.75) is 13.1 Å². The zero-order valence-electron chi connectivity index (χ0n) is 10.6. The molecule has 0 amide bonds. The number of halogens is 4. The van der Waals surface area contributed by atoms with Gasteiger partial charge in [0.15, 0.2) is 11.6 Å². The third-order valence-corrected chi connectivity index (χ3v) is 3.30. The molecular formula is C12H9F4N3OS. The van der Waals surface area contributed by atoms with Crippen LogP contribution >= 0.6 is 11.3 Å². The molecule has 2 aromatic rings. The summed E-state index contributed by atoms with van der Waals surface area (Å²) >= 11 is 1.28. The number of alkyl halides is 3. The van der Waals surface area contributed by atoms with Crippen molar-refractivity contribution in [3.63, 3.8) is 0 Å². The molecule has 0 radical (unpaired) electrons. The van der Waals surface area contributed by atoms with E-state index in [2.05, 4.69) is 15.5 Å². The van der Waals surface area contributed by atoms with Gasteiger partial charge in [-0.1, -0.05) is 0 Å². The largest absolute Gasteiger partial charge is 0.504 e. The number of hydrogen-bond acceptors (Lipinski definition) is 5. The molecule has 0 saturated carbocycles. The third-order valence-electron chi connectivity index (χ3n) is 2.44. The Balaban J connectivity index is 2.19. The maximum absolute atomic E-state index is 13.4. The molecule has 0 unspecified atom stereocenters. The number of hydrogen-bond donors (Lipinski definition) is 2. The molecule has 0 bridgehead atoms. The summed E-state index contributed by atoms with van der Waals surface area (Å²) < 4.78 is 50.7. The number of thiazole rings is 1. The molecule has 0 atom stereocenters. The first-order chi connectivity index (χ1) is 9.79. The molecule has 0 aliphatic heterocycles. The third kappa shape index (κ3) is 3.48. The zero-order chi connectivity index (χ0) is 15.6. The fraction of sp³-hybridized carbons (Fsp3) is 0.167. The van der Waals surface area contributed by atoms with Crippen LogP contribution in [0.15, 0.2) is 22.6 Å². The summed E-state index contributed by atoms with van der Waals surface area (Å²) in [6.45, 7) is 1.78. The van der Waals surface area contributed by atoms with E-state index in [1.165, 1.54) is 11.3 Å². The first-order valence-corrected chi connectivity index (χ1v) is 6.47. The monoisotopic (exact) mass is 319 g/mol. The van der Waals surface area contributed by atoms with Gasteiger partial charge in [-0.25, -0.2) is 9.37 Å². The van der Waals surface area contributed by atoms with Crippen LogP contribution in [0.4, 0.5) is 22.7 Å². The molecule has 1 aromatic carbocycles. The highest BCUT2D eigenvalue weighted by Gasteiger charge is 2.35. The minimum Gasteiger partial charge on any atom is -0.504 e. The van der Waals surface area contributed by atoms with E-state index in [1.807, 2.05) is 0 Å². The number of aromatic hydroxyl groups is 1. The van der Waals surface area contributed by atoms with Crippen molar-refractivity contribution in [2.24, 2.45) is 5.10 Å². The highest BCUT2D eigenvalue weighted by molar-refractivity contribution is 7.13. The SMILES string of the molecule is Cc1csc(NN=Cc2ccc(C(F)(F)F)c(F)c2O)n1. The maximum Gasteiger partial charge on any atom is 0.419 e. The van der Waals surface area contributed by atoms with Crippen LogP contribution in [-0.4, -0.2) is 16.3 Å². The van der Waals surface area contributed by atoms with Crippen LogP contribution in [0.5, 0.6) is 5.75 Å². The van der Waals surface area contributed by atoms with E-state index in [-0.39, 0.29) is 5.56 Å². The molecule has 0 spiro atoms. The van der Waals surface area contributed by atoms with Gasteiger partial charge in [-0.3, -0.25) is 5.43 Å². The quantitative estimate of drug-likeness (QED) is 0.514. The number of benzene rings is 1. The van der Waals surface area contributed by atoms with Crippen LogP contribution in [0.1, 0.15) is 16.8 Å². The zero-order valence-corrected chi connectivity index (χ0v) is 11.4. The second-order valence-corrected chi connectivity index (χ2v) is 4.88. The Morgan fingerprint density at radius 1 is 1.38 bits per heavy atom. The first kappa shape index (κ1) is 15.2. The molecule has 0 fully saturated rings. The number of nitrogens with one attached hydrogen (secondary N) is 1. The molecule has 4 nitrogen and oxygen atoms in total. The molecule has 2 N–H and O–H groups in total. The minimum atomic E-state index is -4.87. The van der Waals surface area contributed by atoms with Gasteiger partial charge in [0.1, 0.15) is 0 Å². The van der Waals surface area contributed by atoms with E-state index < -0.39 is 23.3 Å². The van der Waals surface area contributed by atoms with Crippen LogP contribution in [0, 0.1) is 12.7 Å². The van der Waals surface area contributed by atoms with Crippen molar-refractivity contribution < 1.29 is 22.7 Å². The van der Waals surface area contributed by atoms with Gasteiger partial charge in [-0.2, -0.15) is 18.3 Å². The van der Waals surface area contributed by atoms with Crippen LogP contribution in [-0.2, 0) is 6.18 Å². The van der Waals surface area contributed by atoms with Crippen LogP contribution < -0.4 is 5.43 Å². The fourth-order valence-electron chi connectivity index (χ4n) is 1.46. The van der Waals surface area contributed by atoms with Gasteiger partial charge in [0, 0.05) is 10.9 Å². The normalized spacial score (nSPS) is 12.0. The van der Waals surface area contributed by atoms with Gasteiger partial charge in [0.25, 0.3) is 0 Å². The maximum atomic E-state index is 13.4. The van der Waals surface area contributed by atoms with E-state index >= 15 is 0 Å². The van der Waals surface area contributed by atoms with E-state index in [4.69, 9.17) is 0 Å². The highest BCUT2D eigenvalue weighted by Crippen LogP contribution is 2.35. The standard InChI is InChI=1S/C12H9F4N3OS/c1-6-5-21-11(18-6)19-17-4-7-2-3-8(12(14,15)16)9(13)10(7)20/h2-5,20H,1H3,(H,18,19). The number of phenols is 1. The lowest BCUT2D eigenvalue weighted by atomic mass is 10.1. The second-order valence-electron chi connectivity index (χ2n) is 4.03. The number of anilines is 1. The average molecular weight is 319 g/mol. The predicted octanol–water partition coefficient (Wildman–Crippen LogP) is 3.76. The van der Waals surface area contributed by atoms with Crippen LogP contribution in [0.25, 0.3) is 0 Å². The van der Waals surface area contributed by atoms with Crippen molar-refractivity contribution in [3.8, 4) is 5.75 Å². The first-order valence-electron chi connectivity index (χ1n) is 5.59. The second kappa shape index (κ2) is 5.68. The summed E-state index contributed by atoms with van der Waals surface area (Å²) in [5.74, 6) is -2.83. The molecule has 9 heteroatoms. The lowest BCUT2D eigenvalue weighted by Gasteiger charge is -2.09. The molecule has 0 saturated heterocycles. The summed E-state index contributed by atoms with van der Waals surface area (Å²) in [6.07, 6.45) is -3.86. The van der Waals surface area contributed by atoms with Crippen molar-refractivity contribution in [2.75, 3.05) is 5.43 Å². The van der Waals surface area contributed by atoms with Gasteiger partial charge < -0.3 is 5.11 Å². The Morgan fingerprint density at radius 3 is 2.67 bits per heavy atom. The summed E-state index contributed by atoms with van der Waals surface area (Å²) in [4.78, 5) is 4.04. The Hall–Kier alpha value is -2.16. The smallest absolute Gasteiger partial charge is 0.419 e. The lowest BCUT2D eigenvalue weighted by Crippen LogP contribution is -2.08. The molecular weight excluding hydrogens is 310 g/mol. The summed E-state index contributed by atoms with van der Waals surface area (Å²) in [5.41, 5.74) is 1.60. The molecule has 112 valence electrons. The molecule has 0 aliphatic carbocycles. The van der Waals surface area contributed by atoms with Crippen molar-refractivity contribution in [3.05, 3.63) is 40.2 Å². The average Bonchev–Trinajstić information content (AvgIpc) is 2.79. The molecule has 1 heterocycles. The Labute approximate surface area is 120 Å². The number of aryl methyl sites for hydroxylation is 1. The van der Waals surface area contributed by atoms with E-state index in [1.54, 1.807) is 12.3 Å². The van der Waals surface area contributed by atoms with E-state index in [9.17, 15) is 22.7 Å². The van der Waals surface area contributed by atoms with Crippen molar-refractivity contribution in [1.82, 2.24) is 4.98 Å². The van der Waals surface area contributed by atoms with E-state index in [0.29, 0.717) is 11.2 Å². The topological polar surface area (TPSA) is 57.5 Å². The summed E-state index contributed by atoms with van der Waals surface area (Å²) in [5, 5.41) is 15.4. The number of rotatable bonds is 3. The number of nitrogens with zero attached hydrogens (tertiary/aromatic N) is 2. The fourth-order valence-corrected chi connectivity index (χ4v) is 2.10. The molecule has 0 aliphatic rings. The molecule has 21 heavy (non-hydrogen) atoms. The van der Waals surface area contributed by atoms with Gasteiger partial charge in [-0.15, -0.1) is 11.3 Å². The summed E-state index contributed by atoms with van der Waals surface area (Å²) in [7, 11) is 0. The Morgan fingerprint density at radius 2 is 2.10 bits per heavy atom. The van der Waals surface area contributed by atoms with Crippen molar-refractivity contribution >= 4 is 22.7 Å². The number of hydrazone groups is 1. The van der Waals surface area contributed by atoms with E-state index in [0.717, 1.165) is 18.0 Å². The van der Waals surface area contributed by atoms with Crippen LogP contribution in [0.3, 0.4) is 0 Å². The van der Waals surface area contributed by atoms with Gasteiger partial charge in [-0.05, 0) is 19.1 Å². The predicted molar refractivity (Wildman–Crippen MR) is 71.1 cm³/mol. The van der Waals surface area contributed by atoms with Gasteiger partial charge in [0.05, 0.1) is 17.5 Å². The van der Waals surface area contributed by atoms with Crippen LogP contribution in [0.2, 0.25) is 0 Å². The number of phenolic OH excluding ortho intramolecular Hbond substituents is 1. The molecule has 2 rings (SSSR count). The summed E-state index contributed by atoms with van der Waals surface area (Å²) in [6, 6.07) is 1.48. The van der Waals surface area contributed by atoms with Crippen molar-refractivity contribution in [1.29, 1.82) is 0 Å². The Bertz CT molecular complexity index is 682. The highest BCUT2D eigenvalue weighted by atomic mass is 32.1.